The molecule has 4 nitrogen and oxygen atoms in total. The SMILES string of the molecule is O=I(=O)c1ccccc1C1=N[C@H](C(c2ccccc2)c2ccccc2)CO1. The number of hydrogen-bond acceptors (Lipinski definition) is 4. The highest BCUT2D eigenvalue weighted by molar-refractivity contribution is 14.2. The Balaban J connectivity index is 1.75. The Kier molecular flexibility index (Phi) is 5.29. The van der Waals surface area contributed by atoms with Gasteiger partial charge in [-0.25, -0.2) is 11.1 Å². The van der Waals surface area contributed by atoms with Gasteiger partial charge in [0.25, 0.3) is 0 Å². The first kappa shape index (κ1) is 17.9. The maximum Gasteiger partial charge on any atom is 0.341 e. The van der Waals surface area contributed by atoms with Gasteiger partial charge in [0.1, 0.15) is 6.61 Å². The normalized spacial score (nSPS) is 16.4. The van der Waals surface area contributed by atoms with Gasteiger partial charge in [-0.15, -0.1) is 0 Å². The maximum atomic E-state index is 11.7. The van der Waals surface area contributed by atoms with E-state index in [1.165, 1.54) is 0 Å². The van der Waals surface area contributed by atoms with Gasteiger partial charge in [0, 0.05) is 5.92 Å². The van der Waals surface area contributed by atoms with E-state index in [1.54, 1.807) is 18.2 Å². The summed E-state index contributed by atoms with van der Waals surface area (Å²) in [6, 6.07) is 27.3. The zero-order valence-corrected chi connectivity index (χ0v) is 16.7. The number of hydrogen-bond donors (Lipinski definition) is 0. The molecule has 0 aliphatic carbocycles. The predicted octanol–water partition coefficient (Wildman–Crippen LogP) is 5.03. The molecule has 0 spiro atoms. The Bertz CT molecular complexity index is 982. The van der Waals surface area contributed by atoms with Crippen LogP contribution in [0.5, 0.6) is 0 Å². The fourth-order valence-electron chi connectivity index (χ4n) is 3.43. The Morgan fingerprint density at radius 2 is 1.37 bits per heavy atom. The van der Waals surface area contributed by atoms with Crippen molar-refractivity contribution in [1.82, 2.24) is 0 Å². The van der Waals surface area contributed by atoms with E-state index in [-0.39, 0.29) is 12.0 Å². The summed E-state index contributed by atoms with van der Waals surface area (Å²) in [5.74, 6) is 0.465. The molecule has 0 unspecified atom stereocenters. The Morgan fingerprint density at radius 3 is 1.96 bits per heavy atom. The van der Waals surface area contributed by atoms with Gasteiger partial charge in [-0.05, 0) is 23.3 Å². The summed E-state index contributed by atoms with van der Waals surface area (Å²) >= 11 is -3.63. The lowest BCUT2D eigenvalue weighted by Crippen LogP contribution is -2.19. The molecule has 1 heterocycles. The van der Waals surface area contributed by atoms with Crippen LogP contribution in [0, 0.1) is 3.57 Å². The molecule has 136 valence electrons. The fourth-order valence-corrected chi connectivity index (χ4v) is 4.82. The summed E-state index contributed by atoms with van der Waals surface area (Å²) in [6.07, 6.45) is 0. The van der Waals surface area contributed by atoms with Crippen LogP contribution in [0.4, 0.5) is 0 Å². The second-order valence-electron chi connectivity index (χ2n) is 6.31. The standard InChI is InChI=1S/C22H18INO3/c25-23(26)19-14-8-7-13-18(19)22-24-20(15-27-22)21(16-9-3-1-4-10-16)17-11-5-2-6-12-17/h1-14,20-21H,15H2/t20-/m0/s1. The van der Waals surface area contributed by atoms with E-state index in [0.29, 0.717) is 21.6 Å². The summed E-state index contributed by atoms with van der Waals surface area (Å²) in [6.45, 7) is 0.421. The molecule has 3 aromatic rings. The van der Waals surface area contributed by atoms with Crippen molar-refractivity contribution in [1.29, 1.82) is 0 Å². The highest BCUT2D eigenvalue weighted by atomic mass is 127. The second kappa shape index (κ2) is 8.00. The van der Waals surface area contributed by atoms with Gasteiger partial charge in [-0.1, -0.05) is 72.8 Å². The second-order valence-corrected chi connectivity index (χ2v) is 8.71. The summed E-state index contributed by atoms with van der Waals surface area (Å²) in [5, 5.41) is 0. The van der Waals surface area contributed by atoms with Crippen molar-refractivity contribution in [3.63, 3.8) is 0 Å². The van der Waals surface area contributed by atoms with Crippen LogP contribution in [0.3, 0.4) is 0 Å². The lowest BCUT2D eigenvalue weighted by molar-refractivity contribution is 0.308. The molecule has 1 aliphatic rings. The minimum absolute atomic E-state index is 0.0474. The first-order valence-electron chi connectivity index (χ1n) is 8.69. The van der Waals surface area contributed by atoms with Gasteiger partial charge >= 0.3 is 19.8 Å². The van der Waals surface area contributed by atoms with Gasteiger partial charge < -0.3 is 4.74 Å². The van der Waals surface area contributed by atoms with Gasteiger partial charge in [-0.2, -0.15) is 0 Å². The van der Waals surface area contributed by atoms with Crippen molar-refractivity contribution in [2.24, 2.45) is 4.99 Å². The molecule has 5 heteroatoms. The summed E-state index contributed by atoms with van der Waals surface area (Å²) in [5.41, 5.74) is 2.89. The number of aliphatic imine (C=N–C) groups is 1. The molecule has 4 rings (SSSR count). The van der Waals surface area contributed by atoms with Crippen molar-refractivity contribution < 1.29 is 10.9 Å². The lowest BCUT2D eigenvalue weighted by Gasteiger charge is -2.21. The Hall–Kier alpha value is -2.54. The number of benzene rings is 3. The molecule has 0 N–H and O–H groups in total. The van der Waals surface area contributed by atoms with E-state index >= 15 is 0 Å². The monoisotopic (exact) mass is 471 g/mol. The largest absolute Gasteiger partial charge is 0.475 e. The van der Waals surface area contributed by atoms with Gasteiger partial charge in [0.2, 0.25) is 5.90 Å². The van der Waals surface area contributed by atoms with E-state index in [0.717, 1.165) is 11.1 Å². The smallest absolute Gasteiger partial charge is 0.341 e. The third kappa shape index (κ3) is 3.78. The van der Waals surface area contributed by atoms with Crippen LogP contribution in [0.25, 0.3) is 0 Å². The molecule has 0 bridgehead atoms. The quantitative estimate of drug-likeness (QED) is 0.491. The third-order valence-electron chi connectivity index (χ3n) is 4.65. The first-order chi connectivity index (χ1) is 13.2. The Morgan fingerprint density at radius 1 is 0.815 bits per heavy atom. The van der Waals surface area contributed by atoms with E-state index < -0.39 is 19.8 Å². The molecule has 0 saturated heterocycles. The molecule has 0 fully saturated rings. The summed E-state index contributed by atoms with van der Waals surface area (Å²) in [7, 11) is 0. The van der Waals surface area contributed by atoms with E-state index in [9.17, 15) is 6.14 Å². The van der Waals surface area contributed by atoms with Gasteiger partial charge in [0.15, 0.2) is 0 Å². The van der Waals surface area contributed by atoms with Gasteiger partial charge in [0.05, 0.1) is 15.2 Å². The zero-order valence-electron chi connectivity index (χ0n) is 14.5. The van der Waals surface area contributed by atoms with Crippen LogP contribution in [0.15, 0.2) is 89.9 Å². The van der Waals surface area contributed by atoms with Crippen molar-refractivity contribution in [3.8, 4) is 0 Å². The number of halogens is 1. The predicted molar refractivity (Wildman–Crippen MR) is 112 cm³/mol. The molecule has 0 radical (unpaired) electrons. The van der Waals surface area contributed by atoms with Crippen molar-refractivity contribution >= 4 is 25.7 Å². The summed E-state index contributed by atoms with van der Waals surface area (Å²) < 4.78 is 29.5. The van der Waals surface area contributed by atoms with E-state index in [2.05, 4.69) is 24.3 Å². The van der Waals surface area contributed by atoms with Crippen LogP contribution in [0.1, 0.15) is 22.6 Å². The highest BCUT2D eigenvalue weighted by Crippen LogP contribution is 2.33. The fraction of sp³-hybridized carbons (Fsp3) is 0.136. The molecule has 1 atom stereocenters. The molecule has 27 heavy (non-hydrogen) atoms. The minimum atomic E-state index is -3.63. The van der Waals surface area contributed by atoms with Crippen LogP contribution in [-0.2, 0) is 10.9 Å². The molecule has 1 aliphatic heterocycles. The molecule has 3 aromatic carbocycles. The van der Waals surface area contributed by atoms with Gasteiger partial charge in [-0.3, -0.25) is 0 Å². The maximum absolute atomic E-state index is 11.7. The van der Waals surface area contributed by atoms with Crippen molar-refractivity contribution in [2.75, 3.05) is 6.61 Å². The van der Waals surface area contributed by atoms with Crippen molar-refractivity contribution in [3.05, 3.63) is 105 Å². The molecule has 0 aromatic heterocycles. The number of nitrogens with zero attached hydrogens (tertiary/aromatic N) is 1. The van der Waals surface area contributed by atoms with Crippen LogP contribution >= 0.6 is 19.8 Å². The molecule has 0 saturated carbocycles. The average molecular weight is 471 g/mol. The van der Waals surface area contributed by atoms with Crippen LogP contribution in [-0.4, -0.2) is 18.5 Å². The number of ether oxygens (including phenoxy) is 1. The Labute approximate surface area is 165 Å². The van der Waals surface area contributed by atoms with Crippen LogP contribution in [0.2, 0.25) is 0 Å². The summed E-state index contributed by atoms with van der Waals surface area (Å²) in [4.78, 5) is 4.80. The first-order valence-corrected chi connectivity index (χ1v) is 11.5. The van der Waals surface area contributed by atoms with Crippen molar-refractivity contribution in [2.45, 2.75) is 12.0 Å². The lowest BCUT2D eigenvalue weighted by atomic mass is 9.86. The molecular weight excluding hydrogens is 453 g/mol. The van der Waals surface area contributed by atoms with E-state index in [4.69, 9.17) is 9.73 Å². The van der Waals surface area contributed by atoms with Crippen LogP contribution < -0.4 is 0 Å². The molecular formula is C22H18INO3. The third-order valence-corrected chi connectivity index (χ3v) is 6.54. The highest BCUT2D eigenvalue weighted by Gasteiger charge is 2.31. The minimum Gasteiger partial charge on any atom is -0.475 e. The topological polar surface area (TPSA) is 55.7 Å². The average Bonchev–Trinajstić information content (AvgIpc) is 3.19. The number of rotatable bonds is 5. The molecule has 0 amide bonds. The zero-order chi connectivity index (χ0) is 18.6. The van der Waals surface area contributed by atoms with E-state index in [1.807, 2.05) is 42.5 Å².